The topological polar surface area (TPSA) is 63.3 Å². The Morgan fingerprint density at radius 2 is 2.17 bits per heavy atom. The molecule has 1 fully saturated rings. The van der Waals surface area contributed by atoms with Crippen LogP contribution in [-0.2, 0) is 6.54 Å². The quantitative estimate of drug-likeness (QED) is 0.502. The Morgan fingerprint density at radius 1 is 1.44 bits per heavy atom. The van der Waals surface area contributed by atoms with E-state index in [1.54, 1.807) is 11.3 Å². The van der Waals surface area contributed by atoms with Crippen molar-refractivity contribution in [2.75, 3.05) is 0 Å². The summed E-state index contributed by atoms with van der Waals surface area (Å²) in [5.74, 6) is 0.565. The molecular weight excluding hydrogens is 244 g/mol. The predicted molar refractivity (Wildman–Crippen MR) is 76.8 cm³/mol. The minimum atomic E-state index is 0.509. The molecule has 1 aliphatic carbocycles. The van der Waals surface area contributed by atoms with Crippen molar-refractivity contribution in [3.8, 4) is 0 Å². The summed E-state index contributed by atoms with van der Waals surface area (Å²) in [4.78, 5) is 9.86. The van der Waals surface area contributed by atoms with Crippen LogP contribution in [0.15, 0.2) is 11.2 Å². The van der Waals surface area contributed by atoms with Crippen molar-refractivity contribution in [1.29, 1.82) is 0 Å². The van der Waals surface area contributed by atoms with Crippen molar-refractivity contribution in [3.05, 3.63) is 16.1 Å². The molecule has 1 aromatic rings. The molecule has 5 heteroatoms. The lowest BCUT2D eigenvalue weighted by molar-refractivity contribution is 0.530. The highest BCUT2D eigenvalue weighted by molar-refractivity contribution is 7.11. The van der Waals surface area contributed by atoms with Gasteiger partial charge in [-0.25, -0.2) is 9.98 Å². The Bertz CT molecular complexity index is 391. The molecule has 1 heterocycles. The second-order valence-corrected chi connectivity index (χ2v) is 6.22. The van der Waals surface area contributed by atoms with Gasteiger partial charge in [-0.15, -0.1) is 11.3 Å². The van der Waals surface area contributed by atoms with E-state index in [-0.39, 0.29) is 0 Å². The van der Waals surface area contributed by atoms with Crippen LogP contribution < -0.4 is 11.1 Å². The molecule has 1 aliphatic rings. The minimum Gasteiger partial charge on any atom is -0.370 e. The zero-order chi connectivity index (χ0) is 12.8. The third kappa shape index (κ3) is 4.29. The van der Waals surface area contributed by atoms with Gasteiger partial charge in [-0.2, -0.15) is 0 Å². The number of thiazole rings is 1. The monoisotopic (exact) mass is 266 g/mol. The summed E-state index contributed by atoms with van der Waals surface area (Å²) >= 11 is 1.68. The van der Waals surface area contributed by atoms with Crippen LogP contribution in [-0.4, -0.2) is 17.0 Å². The SMILES string of the molecule is Cc1cnc(CN=C(N)NC2CCCCCC2)s1. The number of nitrogens with zero attached hydrogens (tertiary/aromatic N) is 2. The molecule has 0 atom stereocenters. The summed E-state index contributed by atoms with van der Waals surface area (Å²) in [6.45, 7) is 2.64. The van der Waals surface area contributed by atoms with E-state index >= 15 is 0 Å². The number of nitrogens with one attached hydrogen (secondary N) is 1. The van der Waals surface area contributed by atoms with E-state index in [1.165, 1.54) is 43.4 Å². The largest absolute Gasteiger partial charge is 0.370 e. The zero-order valence-electron chi connectivity index (χ0n) is 11.0. The van der Waals surface area contributed by atoms with Crippen molar-refractivity contribution in [3.63, 3.8) is 0 Å². The maximum absolute atomic E-state index is 5.93. The van der Waals surface area contributed by atoms with Crippen molar-refractivity contribution < 1.29 is 0 Å². The first-order valence-electron chi connectivity index (χ1n) is 6.72. The molecule has 0 spiro atoms. The molecule has 100 valence electrons. The van der Waals surface area contributed by atoms with Gasteiger partial charge in [-0.1, -0.05) is 25.7 Å². The lowest BCUT2D eigenvalue weighted by Gasteiger charge is -2.16. The fourth-order valence-corrected chi connectivity index (χ4v) is 3.02. The van der Waals surface area contributed by atoms with E-state index in [0.717, 1.165) is 5.01 Å². The number of hydrogen-bond donors (Lipinski definition) is 2. The Labute approximate surface area is 113 Å². The molecule has 0 unspecified atom stereocenters. The Morgan fingerprint density at radius 3 is 2.78 bits per heavy atom. The molecular formula is C13H22N4S. The maximum atomic E-state index is 5.93. The summed E-state index contributed by atoms with van der Waals surface area (Å²) in [7, 11) is 0. The molecule has 1 saturated carbocycles. The minimum absolute atomic E-state index is 0.509. The average molecular weight is 266 g/mol. The molecule has 0 aromatic carbocycles. The van der Waals surface area contributed by atoms with E-state index in [9.17, 15) is 0 Å². The van der Waals surface area contributed by atoms with Crippen LogP contribution in [0.4, 0.5) is 0 Å². The third-order valence-electron chi connectivity index (χ3n) is 3.26. The number of rotatable bonds is 3. The standard InChI is InChI=1S/C13H22N4S/c1-10-8-15-12(18-10)9-16-13(14)17-11-6-4-2-3-5-7-11/h8,11H,2-7,9H2,1H3,(H3,14,16,17). The van der Waals surface area contributed by atoms with E-state index < -0.39 is 0 Å². The molecule has 0 radical (unpaired) electrons. The second kappa shape index (κ2) is 6.73. The molecule has 0 saturated heterocycles. The molecule has 4 nitrogen and oxygen atoms in total. The number of nitrogens with two attached hydrogens (primary N) is 1. The van der Waals surface area contributed by atoms with Gasteiger partial charge in [0.15, 0.2) is 5.96 Å². The zero-order valence-corrected chi connectivity index (χ0v) is 11.8. The Kier molecular flexibility index (Phi) is 4.99. The van der Waals surface area contributed by atoms with Crippen LogP contribution in [0, 0.1) is 6.92 Å². The van der Waals surface area contributed by atoms with Crippen LogP contribution >= 0.6 is 11.3 Å². The van der Waals surface area contributed by atoms with E-state index in [4.69, 9.17) is 5.73 Å². The first-order chi connectivity index (χ1) is 8.74. The van der Waals surface area contributed by atoms with Gasteiger partial charge in [-0.3, -0.25) is 0 Å². The number of aryl methyl sites for hydroxylation is 1. The van der Waals surface area contributed by atoms with Gasteiger partial charge in [-0.05, 0) is 19.8 Å². The second-order valence-electron chi connectivity index (χ2n) is 4.90. The molecule has 0 amide bonds. The molecule has 2 rings (SSSR count). The van der Waals surface area contributed by atoms with Gasteiger partial charge < -0.3 is 11.1 Å². The number of aliphatic imine (C=N–C) groups is 1. The van der Waals surface area contributed by atoms with Crippen LogP contribution in [0.1, 0.15) is 48.4 Å². The fourth-order valence-electron chi connectivity index (χ4n) is 2.31. The first-order valence-corrected chi connectivity index (χ1v) is 7.53. The van der Waals surface area contributed by atoms with Crippen LogP contribution in [0.2, 0.25) is 0 Å². The van der Waals surface area contributed by atoms with Crippen molar-refractivity contribution >= 4 is 17.3 Å². The van der Waals surface area contributed by atoms with E-state index in [1.807, 2.05) is 6.20 Å². The van der Waals surface area contributed by atoms with E-state index in [2.05, 4.69) is 22.2 Å². The van der Waals surface area contributed by atoms with Crippen LogP contribution in [0.3, 0.4) is 0 Å². The first kappa shape index (κ1) is 13.3. The van der Waals surface area contributed by atoms with E-state index in [0.29, 0.717) is 18.5 Å². The summed E-state index contributed by atoms with van der Waals surface area (Å²) in [6.07, 6.45) is 9.62. The predicted octanol–water partition coefficient (Wildman–Crippen LogP) is 2.58. The molecule has 3 N–H and O–H groups in total. The molecule has 18 heavy (non-hydrogen) atoms. The third-order valence-corrected chi connectivity index (χ3v) is 4.16. The highest BCUT2D eigenvalue weighted by atomic mass is 32.1. The van der Waals surface area contributed by atoms with Crippen molar-refractivity contribution in [2.45, 2.75) is 58.0 Å². The summed E-state index contributed by atoms with van der Waals surface area (Å²) in [6, 6.07) is 0.509. The smallest absolute Gasteiger partial charge is 0.189 e. The van der Waals surface area contributed by atoms with Gasteiger partial charge in [0.2, 0.25) is 0 Å². The van der Waals surface area contributed by atoms with Gasteiger partial charge in [0.25, 0.3) is 0 Å². The van der Waals surface area contributed by atoms with Crippen LogP contribution in [0.25, 0.3) is 0 Å². The Hall–Kier alpha value is -1.10. The average Bonchev–Trinajstić information content (AvgIpc) is 2.60. The normalized spacial score (nSPS) is 18.6. The van der Waals surface area contributed by atoms with Crippen molar-refractivity contribution in [1.82, 2.24) is 10.3 Å². The lowest BCUT2D eigenvalue weighted by Crippen LogP contribution is -2.39. The number of aromatic nitrogens is 1. The fraction of sp³-hybridized carbons (Fsp3) is 0.692. The van der Waals surface area contributed by atoms with Crippen LogP contribution in [0.5, 0.6) is 0 Å². The van der Waals surface area contributed by atoms with Gasteiger partial charge in [0.05, 0.1) is 6.54 Å². The molecule has 1 aromatic heterocycles. The maximum Gasteiger partial charge on any atom is 0.189 e. The highest BCUT2D eigenvalue weighted by Gasteiger charge is 2.12. The lowest BCUT2D eigenvalue weighted by atomic mass is 10.1. The van der Waals surface area contributed by atoms with Gasteiger partial charge >= 0.3 is 0 Å². The van der Waals surface area contributed by atoms with Gasteiger partial charge in [0.1, 0.15) is 5.01 Å². The summed E-state index contributed by atoms with van der Waals surface area (Å²) in [5.41, 5.74) is 5.93. The molecule has 0 bridgehead atoms. The number of hydrogen-bond acceptors (Lipinski definition) is 3. The highest BCUT2D eigenvalue weighted by Crippen LogP contribution is 2.17. The summed E-state index contributed by atoms with van der Waals surface area (Å²) in [5, 5.41) is 4.37. The number of guanidine groups is 1. The molecule has 0 aliphatic heterocycles. The summed E-state index contributed by atoms with van der Waals surface area (Å²) < 4.78 is 0. The Balaban J connectivity index is 1.80. The van der Waals surface area contributed by atoms with Gasteiger partial charge in [0, 0.05) is 17.1 Å². The van der Waals surface area contributed by atoms with Crippen molar-refractivity contribution in [2.24, 2.45) is 10.7 Å².